The maximum absolute atomic E-state index is 13.9. The van der Waals surface area contributed by atoms with Gasteiger partial charge in [-0.2, -0.15) is 0 Å². The zero-order chi connectivity index (χ0) is 15.6. The minimum atomic E-state index is -1.17. The smallest absolute Gasteiger partial charge is 0.161 e. The van der Waals surface area contributed by atoms with Crippen LogP contribution in [0.5, 0.6) is 0 Å². The molecular weight excluding hydrogens is 275 g/mol. The van der Waals surface area contributed by atoms with E-state index >= 15 is 0 Å². The van der Waals surface area contributed by atoms with Crippen LogP contribution in [0.15, 0.2) is 30.3 Å². The van der Waals surface area contributed by atoms with Gasteiger partial charge in [0.2, 0.25) is 0 Å². The van der Waals surface area contributed by atoms with Crippen molar-refractivity contribution >= 4 is 0 Å². The molecule has 0 atom stereocenters. The molecule has 0 saturated heterocycles. The van der Waals surface area contributed by atoms with Gasteiger partial charge in [-0.3, -0.25) is 0 Å². The van der Waals surface area contributed by atoms with E-state index in [0.717, 1.165) is 17.2 Å². The minimum Gasteiger partial charge on any atom is -0.310 e. The highest BCUT2D eigenvalue weighted by Crippen LogP contribution is 2.29. The van der Waals surface area contributed by atoms with Gasteiger partial charge in [-0.1, -0.05) is 26.0 Å². The van der Waals surface area contributed by atoms with Crippen molar-refractivity contribution in [2.45, 2.75) is 33.4 Å². The van der Waals surface area contributed by atoms with Crippen LogP contribution in [0, 0.1) is 24.4 Å². The normalized spacial score (nSPS) is 11.2. The van der Waals surface area contributed by atoms with Gasteiger partial charge in [-0.25, -0.2) is 13.2 Å². The first-order chi connectivity index (χ1) is 9.88. The van der Waals surface area contributed by atoms with Gasteiger partial charge in [0.15, 0.2) is 11.6 Å². The monoisotopic (exact) mass is 293 g/mol. The number of hydrogen-bond donors (Lipinski definition) is 1. The summed E-state index contributed by atoms with van der Waals surface area (Å²) in [5.74, 6) is -2.98. The van der Waals surface area contributed by atoms with Crippen molar-refractivity contribution in [3.63, 3.8) is 0 Å². The Morgan fingerprint density at radius 2 is 1.57 bits per heavy atom. The maximum atomic E-state index is 13.9. The minimum absolute atomic E-state index is 0.0813. The standard InChI is InChI=1S/C17H18F3N/c1-10(2)21-9-12-5-4-11(3)13(6-12)14-7-16(19)17(20)8-15(14)18/h4-8,10,21H,9H2,1-3H3. The molecule has 2 rings (SSSR count). The molecule has 0 fully saturated rings. The lowest BCUT2D eigenvalue weighted by molar-refractivity contribution is 0.496. The summed E-state index contributed by atoms with van der Waals surface area (Å²) in [5.41, 5.74) is 2.44. The van der Waals surface area contributed by atoms with Crippen molar-refractivity contribution in [2.24, 2.45) is 0 Å². The number of aryl methyl sites for hydroxylation is 1. The largest absolute Gasteiger partial charge is 0.310 e. The quantitative estimate of drug-likeness (QED) is 0.814. The van der Waals surface area contributed by atoms with Gasteiger partial charge in [0.1, 0.15) is 5.82 Å². The van der Waals surface area contributed by atoms with Crippen molar-refractivity contribution in [1.82, 2.24) is 5.32 Å². The molecule has 1 N–H and O–H groups in total. The summed E-state index contributed by atoms with van der Waals surface area (Å²) in [5, 5.41) is 3.27. The number of nitrogens with one attached hydrogen (secondary N) is 1. The molecule has 21 heavy (non-hydrogen) atoms. The van der Waals surface area contributed by atoms with E-state index in [-0.39, 0.29) is 5.56 Å². The second-order valence-electron chi connectivity index (χ2n) is 5.43. The SMILES string of the molecule is Cc1ccc(CNC(C)C)cc1-c1cc(F)c(F)cc1F. The van der Waals surface area contributed by atoms with Gasteiger partial charge < -0.3 is 5.32 Å². The van der Waals surface area contributed by atoms with E-state index in [1.807, 2.05) is 32.9 Å². The number of benzene rings is 2. The Labute approximate surface area is 122 Å². The number of hydrogen-bond acceptors (Lipinski definition) is 1. The predicted molar refractivity (Wildman–Crippen MR) is 78.5 cm³/mol. The van der Waals surface area contributed by atoms with E-state index in [0.29, 0.717) is 24.2 Å². The molecule has 0 saturated carbocycles. The van der Waals surface area contributed by atoms with Crippen LogP contribution in [0.3, 0.4) is 0 Å². The summed E-state index contributed by atoms with van der Waals surface area (Å²) in [6.07, 6.45) is 0. The van der Waals surface area contributed by atoms with Gasteiger partial charge in [-0.15, -0.1) is 0 Å². The van der Waals surface area contributed by atoms with Crippen LogP contribution in [0.4, 0.5) is 13.2 Å². The highest BCUT2D eigenvalue weighted by Gasteiger charge is 2.13. The molecule has 0 spiro atoms. The Bertz CT molecular complexity index is 651. The topological polar surface area (TPSA) is 12.0 Å². The first-order valence-corrected chi connectivity index (χ1v) is 6.86. The predicted octanol–water partition coefficient (Wildman–Crippen LogP) is 4.58. The van der Waals surface area contributed by atoms with E-state index < -0.39 is 17.5 Å². The van der Waals surface area contributed by atoms with Crippen LogP contribution >= 0.6 is 0 Å². The highest BCUT2D eigenvalue weighted by molar-refractivity contribution is 5.68. The maximum Gasteiger partial charge on any atom is 0.161 e. The first-order valence-electron chi connectivity index (χ1n) is 6.86. The van der Waals surface area contributed by atoms with Crippen LogP contribution < -0.4 is 5.32 Å². The van der Waals surface area contributed by atoms with Gasteiger partial charge >= 0.3 is 0 Å². The van der Waals surface area contributed by atoms with E-state index in [9.17, 15) is 13.2 Å². The molecule has 4 heteroatoms. The number of halogens is 3. The Kier molecular flexibility index (Phi) is 4.68. The summed E-state index contributed by atoms with van der Waals surface area (Å²) in [6.45, 7) is 6.51. The molecular formula is C17H18F3N. The molecule has 0 bridgehead atoms. The fraction of sp³-hybridized carbons (Fsp3) is 0.294. The Balaban J connectivity index is 2.43. The van der Waals surface area contributed by atoms with Gasteiger partial charge in [0.25, 0.3) is 0 Å². The average molecular weight is 293 g/mol. The second kappa shape index (κ2) is 6.31. The van der Waals surface area contributed by atoms with Crippen LogP contribution in [0.2, 0.25) is 0 Å². The molecule has 0 heterocycles. The summed E-state index contributed by atoms with van der Waals surface area (Å²) >= 11 is 0. The molecule has 112 valence electrons. The van der Waals surface area contributed by atoms with E-state index in [1.54, 1.807) is 6.07 Å². The van der Waals surface area contributed by atoms with Gasteiger partial charge in [-0.05, 0) is 35.7 Å². The third kappa shape index (κ3) is 3.64. The molecule has 0 amide bonds. The molecule has 0 aromatic heterocycles. The van der Waals surface area contributed by atoms with E-state index in [4.69, 9.17) is 0 Å². The molecule has 0 aliphatic carbocycles. The zero-order valence-electron chi connectivity index (χ0n) is 12.3. The Hall–Kier alpha value is -1.81. The van der Waals surface area contributed by atoms with Crippen molar-refractivity contribution in [1.29, 1.82) is 0 Å². The molecule has 1 nitrogen and oxygen atoms in total. The third-order valence-corrected chi connectivity index (χ3v) is 3.32. The Morgan fingerprint density at radius 3 is 2.24 bits per heavy atom. The Morgan fingerprint density at radius 1 is 0.905 bits per heavy atom. The third-order valence-electron chi connectivity index (χ3n) is 3.32. The van der Waals surface area contributed by atoms with Crippen molar-refractivity contribution < 1.29 is 13.2 Å². The fourth-order valence-electron chi connectivity index (χ4n) is 2.12. The lowest BCUT2D eigenvalue weighted by Gasteiger charge is -2.12. The van der Waals surface area contributed by atoms with Crippen LogP contribution in [0.1, 0.15) is 25.0 Å². The molecule has 2 aromatic carbocycles. The lowest BCUT2D eigenvalue weighted by Crippen LogP contribution is -2.21. The van der Waals surface area contributed by atoms with Crippen LogP contribution in [-0.2, 0) is 6.54 Å². The van der Waals surface area contributed by atoms with Gasteiger partial charge in [0, 0.05) is 24.2 Å². The van der Waals surface area contributed by atoms with E-state index in [2.05, 4.69) is 5.32 Å². The van der Waals surface area contributed by atoms with Crippen molar-refractivity contribution in [3.05, 3.63) is 58.9 Å². The summed E-state index contributed by atoms with van der Waals surface area (Å²) < 4.78 is 40.3. The molecule has 0 unspecified atom stereocenters. The molecule has 0 aliphatic heterocycles. The van der Waals surface area contributed by atoms with Crippen LogP contribution in [0.25, 0.3) is 11.1 Å². The zero-order valence-corrected chi connectivity index (χ0v) is 12.3. The summed E-state index contributed by atoms with van der Waals surface area (Å²) in [4.78, 5) is 0. The summed E-state index contributed by atoms with van der Waals surface area (Å²) in [7, 11) is 0. The highest BCUT2D eigenvalue weighted by atomic mass is 19.2. The van der Waals surface area contributed by atoms with Crippen molar-refractivity contribution in [3.8, 4) is 11.1 Å². The molecule has 2 aromatic rings. The second-order valence-corrected chi connectivity index (χ2v) is 5.43. The van der Waals surface area contributed by atoms with Crippen LogP contribution in [-0.4, -0.2) is 6.04 Å². The lowest BCUT2D eigenvalue weighted by atomic mass is 9.97. The van der Waals surface area contributed by atoms with E-state index in [1.165, 1.54) is 0 Å². The molecule has 0 aliphatic rings. The molecule has 0 radical (unpaired) electrons. The number of rotatable bonds is 4. The first kappa shape index (κ1) is 15.6. The van der Waals surface area contributed by atoms with Crippen molar-refractivity contribution in [2.75, 3.05) is 0 Å². The average Bonchev–Trinajstić information content (AvgIpc) is 2.42. The fourth-order valence-corrected chi connectivity index (χ4v) is 2.12. The van der Waals surface area contributed by atoms with Gasteiger partial charge in [0.05, 0.1) is 0 Å². The summed E-state index contributed by atoms with van der Waals surface area (Å²) in [6, 6.07) is 7.42.